The molecule has 3 aromatic rings. The van der Waals surface area contributed by atoms with Crippen LogP contribution in [-0.4, -0.2) is 9.97 Å². The molecule has 0 fully saturated rings. The number of nitrogens with zero attached hydrogens (tertiary/aromatic N) is 2. The molecule has 0 aliphatic heterocycles. The molecule has 3 rings (SSSR count). The molecule has 0 unspecified atom stereocenters. The van der Waals surface area contributed by atoms with Crippen LogP contribution in [0.5, 0.6) is 0 Å². The summed E-state index contributed by atoms with van der Waals surface area (Å²) < 4.78 is 0. The Morgan fingerprint density at radius 2 is 1.76 bits per heavy atom. The van der Waals surface area contributed by atoms with Crippen molar-refractivity contribution in [3.63, 3.8) is 0 Å². The first kappa shape index (κ1) is 14.0. The van der Waals surface area contributed by atoms with Crippen LogP contribution >= 0.6 is 11.6 Å². The van der Waals surface area contributed by atoms with E-state index < -0.39 is 0 Å². The molecule has 2 aromatic carbocycles. The van der Waals surface area contributed by atoms with Gasteiger partial charge in [-0.3, -0.25) is 4.98 Å². The third kappa shape index (κ3) is 3.38. The van der Waals surface area contributed by atoms with E-state index in [2.05, 4.69) is 22.2 Å². The Morgan fingerprint density at radius 3 is 2.52 bits per heavy atom. The molecule has 0 spiro atoms. The zero-order valence-electron chi connectivity index (χ0n) is 11.8. The van der Waals surface area contributed by atoms with Crippen molar-refractivity contribution in [2.45, 2.75) is 19.5 Å². The van der Waals surface area contributed by atoms with E-state index in [1.807, 2.05) is 54.7 Å². The third-order valence-corrected chi connectivity index (χ3v) is 3.71. The van der Waals surface area contributed by atoms with Crippen molar-refractivity contribution in [1.82, 2.24) is 15.3 Å². The standard InChI is InChI=1S/C17H16ClN3/c1-12(13-6-8-14(18)9-7-13)19-10-15-11-20-16-4-2-3-5-17(16)21-15/h2-9,11-12,19H,10H2,1H3/t12-/m0/s1. The van der Waals surface area contributed by atoms with Crippen LogP contribution < -0.4 is 5.32 Å². The second-order valence-corrected chi connectivity index (χ2v) is 5.44. The normalized spacial score (nSPS) is 12.5. The van der Waals surface area contributed by atoms with Crippen molar-refractivity contribution in [3.05, 3.63) is 71.0 Å². The van der Waals surface area contributed by atoms with Gasteiger partial charge in [-0.1, -0.05) is 35.9 Å². The monoisotopic (exact) mass is 297 g/mol. The van der Waals surface area contributed by atoms with Gasteiger partial charge in [-0.25, -0.2) is 4.98 Å². The lowest BCUT2D eigenvalue weighted by Gasteiger charge is -2.14. The van der Waals surface area contributed by atoms with Crippen LogP contribution in [0.3, 0.4) is 0 Å². The highest BCUT2D eigenvalue weighted by Gasteiger charge is 2.06. The minimum absolute atomic E-state index is 0.232. The second-order valence-electron chi connectivity index (χ2n) is 5.00. The smallest absolute Gasteiger partial charge is 0.0890 e. The zero-order chi connectivity index (χ0) is 14.7. The molecule has 0 bridgehead atoms. The van der Waals surface area contributed by atoms with Crippen LogP contribution in [0.15, 0.2) is 54.7 Å². The fourth-order valence-corrected chi connectivity index (χ4v) is 2.33. The number of fused-ring (bicyclic) bond motifs is 1. The lowest BCUT2D eigenvalue weighted by molar-refractivity contribution is 0.568. The maximum absolute atomic E-state index is 5.91. The van der Waals surface area contributed by atoms with E-state index in [1.54, 1.807) is 0 Å². The van der Waals surface area contributed by atoms with Gasteiger partial charge in [0.05, 0.1) is 22.9 Å². The quantitative estimate of drug-likeness (QED) is 0.786. The molecule has 0 aliphatic carbocycles. The summed E-state index contributed by atoms with van der Waals surface area (Å²) in [5.41, 5.74) is 3.99. The molecule has 1 heterocycles. The summed E-state index contributed by atoms with van der Waals surface area (Å²) in [5, 5.41) is 4.21. The molecular formula is C17H16ClN3. The minimum atomic E-state index is 0.232. The van der Waals surface area contributed by atoms with Crippen LogP contribution in [0.25, 0.3) is 11.0 Å². The minimum Gasteiger partial charge on any atom is -0.305 e. The van der Waals surface area contributed by atoms with E-state index in [-0.39, 0.29) is 6.04 Å². The largest absolute Gasteiger partial charge is 0.305 e. The van der Waals surface area contributed by atoms with Gasteiger partial charge in [-0.05, 0) is 36.8 Å². The van der Waals surface area contributed by atoms with Gasteiger partial charge in [0, 0.05) is 17.6 Å². The van der Waals surface area contributed by atoms with Crippen molar-refractivity contribution < 1.29 is 0 Å². The summed E-state index contributed by atoms with van der Waals surface area (Å²) in [7, 11) is 0. The van der Waals surface area contributed by atoms with Gasteiger partial charge in [0.25, 0.3) is 0 Å². The number of nitrogens with one attached hydrogen (secondary N) is 1. The fraction of sp³-hybridized carbons (Fsp3) is 0.176. The SMILES string of the molecule is C[C@H](NCc1cnc2ccccc2n1)c1ccc(Cl)cc1. The molecule has 0 radical (unpaired) electrons. The van der Waals surface area contributed by atoms with Gasteiger partial charge >= 0.3 is 0 Å². The van der Waals surface area contributed by atoms with Crippen molar-refractivity contribution in [2.75, 3.05) is 0 Å². The molecule has 106 valence electrons. The predicted octanol–water partition coefficient (Wildman–Crippen LogP) is 4.13. The highest BCUT2D eigenvalue weighted by atomic mass is 35.5. The number of benzene rings is 2. The Balaban J connectivity index is 1.69. The van der Waals surface area contributed by atoms with Gasteiger partial charge in [0.15, 0.2) is 0 Å². The van der Waals surface area contributed by atoms with Gasteiger partial charge in [0.1, 0.15) is 0 Å². The van der Waals surface area contributed by atoms with Crippen LogP contribution in [0.2, 0.25) is 5.02 Å². The summed E-state index contributed by atoms with van der Waals surface area (Å²) in [6, 6.07) is 16.0. The molecule has 4 heteroatoms. The molecule has 1 atom stereocenters. The Hall–Kier alpha value is -1.97. The fourth-order valence-electron chi connectivity index (χ4n) is 2.21. The first-order chi connectivity index (χ1) is 10.2. The van der Waals surface area contributed by atoms with Crippen molar-refractivity contribution in [2.24, 2.45) is 0 Å². The van der Waals surface area contributed by atoms with Crippen molar-refractivity contribution in [3.8, 4) is 0 Å². The van der Waals surface area contributed by atoms with Gasteiger partial charge in [-0.15, -0.1) is 0 Å². The summed E-state index contributed by atoms with van der Waals surface area (Å²) in [6.07, 6.45) is 1.82. The lowest BCUT2D eigenvalue weighted by atomic mass is 10.1. The maximum Gasteiger partial charge on any atom is 0.0890 e. The summed E-state index contributed by atoms with van der Waals surface area (Å²) >= 11 is 5.91. The number of para-hydroxylation sites is 2. The molecule has 1 N–H and O–H groups in total. The number of hydrogen-bond acceptors (Lipinski definition) is 3. The molecule has 0 saturated heterocycles. The van der Waals surface area contributed by atoms with Crippen LogP contribution in [0.1, 0.15) is 24.2 Å². The number of hydrogen-bond donors (Lipinski definition) is 1. The molecule has 0 aliphatic rings. The van der Waals surface area contributed by atoms with Crippen LogP contribution in [0.4, 0.5) is 0 Å². The lowest BCUT2D eigenvalue weighted by Crippen LogP contribution is -2.18. The summed E-state index contributed by atoms with van der Waals surface area (Å²) in [5.74, 6) is 0. The average molecular weight is 298 g/mol. The van der Waals surface area contributed by atoms with E-state index >= 15 is 0 Å². The Labute approximate surface area is 129 Å². The van der Waals surface area contributed by atoms with Crippen molar-refractivity contribution >= 4 is 22.6 Å². The van der Waals surface area contributed by atoms with E-state index in [4.69, 9.17) is 11.6 Å². The second kappa shape index (κ2) is 6.20. The Bertz CT molecular complexity index is 740. The molecule has 3 nitrogen and oxygen atoms in total. The number of aromatic nitrogens is 2. The summed E-state index contributed by atoms with van der Waals surface area (Å²) in [6.45, 7) is 2.80. The highest BCUT2D eigenvalue weighted by Crippen LogP contribution is 2.16. The molecule has 0 amide bonds. The molecule has 1 aromatic heterocycles. The zero-order valence-corrected chi connectivity index (χ0v) is 12.5. The van der Waals surface area contributed by atoms with Gasteiger partial charge in [0.2, 0.25) is 0 Å². The van der Waals surface area contributed by atoms with E-state index in [1.165, 1.54) is 5.56 Å². The topological polar surface area (TPSA) is 37.8 Å². The Kier molecular flexibility index (Phi) is 4.13. The van der Waals surface area contributed by atoms with Gasteiger partial charge < -0.3 is 5.32 Å². The predicted molar refractivity (Wildman–Crippen MR) is 86.2 cm³/mol. The molecule has 21 heavy (non-hydrogen) atoms. The number of halogens is 1. The third-order valence-electron chi connectivity index (χ3n) is 3.46. The molecular weight excluding hydrogens is 282 g/mol. The first-order valence-electron chi connectivity index (χ1n) is 6.92. The highest BCUT2D eigenvalue weighted by molar-refractivity contribution is 6.30. The summed E-state index contributed by atoms with van der Waals surface area (Å²) in [4.78, 5) is 9.03. The van der Waals surface area contributed by atoms with E-state index in [0.29, 0.717) is 6.54 Å². The van der Waals surface area contributed by atoms with Crippen molar-refractivity contribution in [1.29, 1.82) is 0 Å². The van der Waals surface area contributed by atoms with Crippen LogP contribution in [0, 0.1) is 0 Å². The molecule has 0 saturated carbocycles. The number of rotatable bonds is 4. The average Bonchev–Trinajstić information content (AvgIpc) is 2.53. The van der Waals surface area contributed by atoms with E-state index in [0.717, 1.165) is 21.7 Å². The van der Waals surface area contributed by atoms with Gasteiger partial charge in [-0.2, -0.15) is 0 Å². The first-order valence-corrected chi connectivity index (χ1v) is 7.30. The van der Waals surface area contributed by atoms with Crippen LogP contribution in [-0.2, 0) is 6.54 Å². The Morgan fingerprint density at radius 1 is 1.05 bits per heavy atom. The maximum atomic E-state index is 5.91. The van der Waals surface area contributed by atoms with E-state index in [9.17, 15) is 0 Å².